The van der Waals surface area contributed by atoms with Crippen molar-refractivity contribution in [3.63, 3.8) is 0 Å². The molecule has 0 spiro atoms. The minimum Gasteiger partial charge on any atom is -0.322 e. The quantitative estimate of drug-likeness (QED) is 0.680. The van der Waals surface area contributed by atoms with Crippen LogP contribution in [0.4, 0.5) is 11.4 Å². The number of hydrogen-bond acceptors (Lipinski definition) is 4. The molecule has 29 heavy (non-hydrogen) atoms. The largest absolute Gasteiger partial charge is 0.322 e. The smallest absolute Gasteiger partial charge is 0.255 e. The van der Waals surface area contributed by atoms with Crippen LogP contribution in [0.3, 0.4) is 0 Å². The first kappa shape index (κ1) is 21.0. The van der Waals surface area contributed by atoms with E-state index in [-0.39, 0.29) is 16.7 Å². The maximum atomic E-state index is 12.6. The van der Waals surface area contributed by atoms with Gasteiger partial charge in [-0.05, 0) is 54.8 Å². The summed E-state index contributed by atoms with van der Waals surface area (Å²) in [5.74, 6) is -0.353. The molecule has 154 valence electrons. The standard InChI is InChI=1S/C21H25N3O4S/c1-3-4-11-22-29(27,28)19-7-5-6-18(14-19)23-21(26)17-8-9-20-16(13-17)10-12-24(20)15(2)25/h5-9,13-14,22H,3-4,10-12H2,1-2H3,(H,23,26). The molecule has 2 amide bonds. The lowest BCUT2D eigenvalue weighted by atomic mass is 10.1. The van der Waals surface area contributed by atoms with E-state index in [9.17, 15) is 18.0 Å². The Balaban J connectivity index is 1.74. The average molecular weight is 416 g/mol. The van der Waals surface area contributed by atoms with Gasteiger partial charge in [0.2, 0.25) is 15.9 Å². The zero-order valence-electron chi connectivity index (χ0n) is 16.6. The third-order valence-electron chi connectivity index (χ3n) is 4.84. The van der Waals surface area contributed by atoms with Gasteiger partial charge in [-0.15, -0.1) is 0 Å². The highest BCUT2D eigenvalue weighted by Crippen LogP contribution is 2.29. The van der Waals surface area contributed by atoms with E-state index in [1.54, 1.807) is 35.2 Å². The fourth-order valence-electron chi connectivity index (χ4n) is 3.28. The van der Waals surface area contributed by atoms with Gasteiger partial charge < -0.3 is 10.2 Å². The minimum atomic E-state index is -3.62. The minimum absolute atomic E-state index is 0.0217. The summed E-state index contributed by atoms with van der Waals surface area (Å²) in [4.78, 5) is 26.1. The summed E-state index contributed by atoms with van der Waals surface area (Å²) < 4.78 is 27.3. The zero-order valence-corrected chi connectivity index (χ0v) is 17.4. The Morgan fingerprint density at radius 1 is 1.14 bits per heavy atom. The van der Waals surface area contributed by atoms with Crippen LogP contribution in [-0.4, -0.2) is 33.3 Å². The number of carbonyl (C=O) groups is 2. The molecule has 0 radical (unpaired) electrons. The van der Waals surface area contributed by atoms with Crippen LogP contribution in [0.25, 0.3) is 0 Å². The molecule has 0 saturated carbocycles. The SMILES string of the molecule is CCCCNS(=O)(=O)c1cccc(NC(=O)c2ccc3c(c2)CCN3C(C)=O)c1. The first-order valence-corrected chi connectivity index (χ1v) is 11.1. The molecular formula is C21H25N3O4S. The molecule has 2 N–H and O–H groups in total. The highest BCUT2D eigenvalue weighted by atomic mass is 32.2. The van der Waals surface area contributed by atoms with Crippen molar-refractivity contribution in [1.29, 1.82) is 0 Å². The Morgan fingerprint density at radius 3 is 2.66 bits per heavy atom. The molecule has 0 bridgehead atoms. The maximum Gasteiger partial charge on any atom is 0.255 e. The molecule has 1 heterocycles. The van der Waals surface area contributed by atoms with Crippen molar-refractivity contribution in [1.82, 2.24) is 4.72 Å². The Kier molecular flexibility index (Phi) is 6.34. The molecule has 0 aliphatic carbocycles. The predicted molar refractivity (Wildman–Crippen MR) is 113 cm³/mol. The Morgan fingerprint density at radius 2 is 1.93 bits per heavy atom. The predicted octanol–water partition coefficient (Wildman–Crippen LogP) is 2.93. The van der Waals surface area contributed by atoms with Gasteiger partial charge in [0.15, 0.2) is 0 Å². The van der Waals surface area contributed by atoms with E-state index in [2.05, 4.69) is 10.0 Å². The van der Waals surface area contributed by atoms with Crippen LogP contribution in [0.5, 0.6) is 0 Å². The van der Waals surface area contributed by atoms with E-state index in [4.69, 9.17) is 0 Å². The number of hydrogen-bond donors (Lipinski definition) is 2. The normalized spacial score (nSPS) is 13.2. The first-order chi connectivity index (χ1) is 13.8. The molecule has 8 heteroatoms. The number of nitrogens with one attached hydrogen (secondary N) is 2. The van der Waals surface area contributed by atoms with E-state index >= 15 is 0 Å². The van der Waals surface area contributed by atoms with Crippen LogP contribution in [0.1, 0.15) is 42.6 Å². The second-order valence-corrected chi connectivity index (χ2v) is 8.76. The molecule has 2 aromatic carbocycles. The van der Waals surface area contributed by atoms with Gasteiger partial charge in [-0.1, -0.05) is 19.4 Å². The third-order valence-corrected chi connectivity index (χ3v) is 6.30. The molecule has 0 unspecified atom stereocenters. The number of nitrogens with zero attached hydrogens (tertiary/aromatic N) is 1. The van der Waals surface area contributed by atoms with Crippen molar-refractivity contribution >= 4 is 33.2 Å². The molecule has 3 rings (SSSR count). The molecule has 1 aliphatic rings. The highest BCUT2D eigenvalue weighted by Gasteiger charge is 2.23. The number of carbonyl (C=O) groups excluding carboxylic acids is 2. The van der Waals surface area contributed by atoms with Crippen molar-refractivity contribution in [3.05, 3.63) is 53.6 Å². The topological polar surface area (TPSA) is 95.6 Å². The van der Waals surface area contributed by atoms with Gasteiger partial charge in [-0.3, -0.25) is 9.59 Å². The van der Waals surface area contributed by atoms with E-state index in [1.165, 1.54) is 19.1 Å². The summed E-state index contributed by atoms with van der Waals surface area (Å²) in [6, 6.07) is 11.4. The number of amides is 2. The van der Waals surface area contributed by atoms with Gasteiger partial charge in [0.05, 0.1) is 4.90 Å². The molecule has 2 aromatic rings. The lowest BCUT2D eigenvalue weighted by Crippen LogP contribution is -2.25. The fourth-order valence-corrected chi connectivity index (χ4v) is 4.40. The molecule has 7 nitrogen and oxygen atoms in total. The summed E-state index contributed by atoms with van der Waals surface area (Å²) in [6.45, 7) is 4.50. The Labute approximate surface area is 171 Å². The van der Waals surface area contributed by atoms with Crippen molar-refractivity contribution < 1.29 is 18.0 Å². The number of unbranched alkanes of at least 4 members (excludes halogenated alkanes) is 1. The summed E-state index contributed by atoms with van der Waals surface area (Å²) in [5.41, 5.74) is 2.65. The lowest BCUT2D eigenvalue weighted by molar-refractivity contribution is -0.116. The maximum absolute atomic E-state index is 12.6. The van der Waals surface area contributed by atoms with Crippen LogP contribution < -0.4 is 14.9 Å². The van der Waals surface area contributed by atoms with E-state index in [1.807, 2.05) is 6.92 Å². The summed E-state index contributed by atoms with van der Waals surface area (Å²) >= 11 is 0. The molecule has 0 fully saturated rings. The number of rotatable bonds is 7. The van der Waals surface area contributed by atoms with Crippen molar-refractivity contribution in [3.8, 4) is 0 Å². The van der Waals surface area contributed by atoms with Crippen molar-refractivity contribution in [2.45, 2.75) is 38.0 Å². The fraction of sp³-hybridized carbons (Fsp3) is 0.333. The van der Waals surface area contributed by atoms with Gasteiger partial charge in [-0.25, -0.2) is 13.1 Å². The molecule has 0 atom stereocenters. The zero-order chi connectivity index (χ0) is 21.0. The first-order valence-electron chi connectivity index (χ1n) is 9.64. The number of anilines is 2. The number of sulfonamides is 1. The second kappa shape index (κ2) is 8.75. The summed E-state index contributed by atoms with van der Waals surface area (Å²) in [5, 5.41) is 2.75. The monoisotopic (exact) mass is 415 g/mol. The number of benzene rings is 2. The van der Waals surface area contributed by atoms with Gasteiger partial charge in [0.25, 0.3) is 5.91 Å². The van der Waals surface area contributed by atoms with E-state index < -0.39 is 10.0 Å². The van der Waals surface area contributed by atoms with Crippen LogP contribution >= 0.6 is 0 Å². The number of fused-ring (bicyclic) bond motifs is 1. The Hall–Kier alpha value is -2.71. The van der Waals surface area contributed by atoms with Gasteiger partial charge in [-0.2, -0.15) is 0 Å². The molecule has 0 saturated heterocycles. The molecule has 0 aromatic heterocycles. The summed E-state index contributed by atoms with van der Waals surface area (Å²) in [6.07, 6.45) is 2.35. The van der Waals surface area contributed by atoms with Gasteiger partial charge >= 0.3 is 0 Å². The van der Waals surface area contributed by atoms with Crippen molar-refractivity contribution in [2.75, 3.05) is 23.3 Å². The van der Waals surface area contributed by atoms with Crippen LogP contribution in [0, 0.1) is 0 Å². The summed E-state index contributed by atoms with van der Waals surface area (Å²) in [7, 11) is -3.62. The average Bonchev–Trinajstić information content (AvgIpc) is 3.12. The van der Waals surface area contributed by atoms with Gasteiger partial charge in [0.1, 0.15) is 0 Å². The Bertz CT molecular complexity index is 1030. The molecular weight excluding hydrogens is 390 g/mol. The van der Waals surface area contributed by atoms with Crippen molar-refractivity contribution in [2.24, 2.45) is 0 Å². The lowest BCUT2D eigenvalue weighted by Gasteiger charge is -2.15. The van der Waals surface area contributed by atoms with E-state index in [0.717, 1.165) is 24.1 Å². The molecule has 1 aliphatic heterocycles. The van der Waals surface area contributed by atoms with E-state index in [0.29, 0.717) is 30.8 Å². The van der Waals surface area contributed by atoms with Crippen LogP contribution in [-0.2, 0) is 21.2 Å². The highest BCUT2D eigenvalue weighted by molar-refractivity contribution is 7.89. The third kappa shape index (κ3) is 4.83. The van der Waals surface area contributed by atoms with Gasteiger partial charge in [0, 0.05) is 37.0 Å². The van der Waals surface area contributed by atoms with Crippen LogP contribution in [0.2, 0.25) is 0 Å². The van der Waals surface area contributed by atoms with Crippen LogP contribution in [0.15, 0.2) is 47.4 Å². The second-order valence-electron chi connectivity index (χ2n) is 7.00.